The van der Waals surface area contributed by atoms with Gasteiger partial charge in [-0.25, -0.2) is 13.8 Å². The van der Waals surface area contributed by atoms with Gasteiger partial charge in [0.05, 0.1) is 36.2 Å². The van der Waals surface area contributed by atoms with Crippen molar-refractivity contribution in [2.45, 2.75) is 33.3 Å². The van der Waals surface area contributed by atoms with Gasteiger partial charge in [-0.2, -0.15) is 11.3 Å². The van der Waals surface area contributed by atoms with Crippen LogP contribution in [-0.2, 0) is 20.1 Å². The molecule has 0 fully saturated rings. The molecule has 4 aromatic heterocycles. The Morgan fingerprint density at radius 3 is 1.96 bits per heavy atom. The zero-order valence-corrected chi connectivity index (χ0v) is 44.1. The van der Waals surface area contributed by atoms with E-state index < -0.39 is 33.4 Å². The van der Waals surface area contributed by atoms with E-state index >= 15 is 8.78 Å². The van der Waals surface area contributed by atoms with Crippen molar-refractivity contribution in [2.24, 2.45) is 0 Å². The van der Waals surface area contributed by atoms with Gasteiger partial charge in [0.2, 0.25) is 0 Å². The van der Waals surface area contributed by atoms with Crippen LogP contribution in [0.15, 0.2) is 200 Å². The van der Waals surface area contributed by atoms with Gasteiger partial charge in [-0.15, -0.1) is 47.5 Å². The number of aryl methyl sites for hydroxylation is 2. The first-order chi connectivity index (χ1) is 37.4. The number of nitrogens with zero attached hydrogens (tertiary/aromatic N) is 4. The van der Waals surface area contributed by atoms with E-state index in [-0.39, 0.29) is 36.9 Å². The summed E-state index contributed by atoms with van der Waals surface area (Å²) in [5.74, 6) is -0.566. The van der Waals surface area contributed by atoms with Gasteiger partial charge >= 0.3 is 0 Å². The minimum Gasteiger partial charge on any atom is -0.333 e. The number of halogens is 2. The SMILES string of the molecule is Fc1cccc(F)c1-c1ccc2c(n1)sc1c(-c3nc4ccccc4n3-c3ccc(-c4ccccc4)cc3-c3ccccc3)[c-]cc(-c3ccccc3)c12.[2H]C([2H])([2H])c1c[c-]c(-c2cc(C([2H])([2H])[2H])c([Si](C)(C)C)cn2)cc1.[Ir]. The van der Waals surface area contributed by atoms with Crippen molar-refractivity contribution in [3.05, 3.63) is 235 Å². The quantitative estimate of drug-likeness (QED) is 0.112. The minimum absolute atomic E-state index is 0. The molecule has 73 heavy (non-hydrogen) atoms. The van der Waals surface area contributed by atoms with Gasteiger partial charge in [-0.05, 0) is 81.6 Å². The van der Waals surface area contributed by atoms with Crippen molar-refractivity contribution < 1.29 is 37.1 Å². The zero-order chi connectivity index (χ0) is 54.5. The van der Waals surface area contributed by atoms with E-state index in [2.05, 4.69) is 126 Å². The summed E-state index contributed by atoms with van der Waals surface area (Å²) in [6.45, 7) is 1.84. The number of pyridine rings is 2. The second-order valence-corrected chi connectivity index (χ2v) is 24.5. The molecule has 1 radical (unpaired) electrons. The van der Waals surface area contributed by atoms with Gasteiger partial charge in [0, 0.05) is 51.2 Å². The molecule has 8 aromatic carbocycles. The molecule has 0 aliphatic rings. The van der Waals surface area contributed by atoms with Crippen LogP contribution in [0.5, 0.6) is 0 Å². The maximum Gasteiger partial charge on any atom is 0.135 e. The summed E-state index contributed by atoms with van der Waals surface area (Å²) >= 11 is 1.49. The third kappa shape index (κ3) is 9.65. The van der Waals surface area contributed by atoms with Crippen LogP contribution in [0, 0.1) is 37.5 Å². The second kappa shape index (κ2) is 20.5. The molecular formula is C64H48F2IrN4SSi-2. The first-order valence-electron chi connectivity index (χ1n) is 26.5. The third-order valence-corrected chi connectivity index (χ3v) is 15.9. The Kier molecular flexibility index (Phi) is 11.8. The number of hydrogen-bond donors (Lipinski definition) is 0. The van der Waals surface area contributed by atoms with Crippen LogP contribution in [0.25, 0.3) is 104 Å². The molecule has 0 unspecified atom stereocenters. The monoisotopic (exact) mass is 1170 g/mol. The van der Waals surface area contributed by atoms with Gasteiger partial charge in [0.1, 0.15) is 16.5 Å². The number of rotatable bonds is 8. The summed E-state index contributed by atoms with van der Waals surface area (Å²) in [5.41, 5.74) is 11.7. The van der Waals surface area contributed by atoms with Gasteiger partial charge in [0.25, 0.3) is 0 Å². The molecule has 0 spiro atoms. The summed E-state index contributed by atoms with van der Waals surface area (Å²) in [4.78, 5) is 15.3. The van der Waals surface area contributed by atoms with Crippen molar-refractivity contribution in [1.29, 1.82) is 0 Å². The van der Waals surface area contributed by atoms with Crippen LogP contribution in [-0.4, -0.2) is 27.6 Å². The molecule has 0 N–H and O–H groups in total. The topological polar surface area (TPSA) is 43.6 Å². The molecule has 0 bridgehead atoms. The molecule has 12 aromatic rings. The first-order valence-corrected chi connectivity index (χ1v) is 27.8. The molecule has 0 amide bonds. The van der Waals surface area contributed by atoms with Gasteiger partial charge in [0.15, 0.2) is 0 Å². The number of fused-ring (bicyclic) bond motifs is 4. The maximum atomic E-state index is 15.0. The molecule has 4 heterocycles. The minimum atomic E-state index is -2.22. The fraction of sp³-hybridized carbons (Fsp3) is 0.0781. The van der Waals surface area contributed by atoms with E-state index in [0.29, 0.717) is 21.7 Å². The van der Waals surface area contributed by atoms with Crippen LogP contribution in [0.4, 0.5) is 8.78 Å². The van der Waals surface area contributed by atoms with Crippen LogP contribution < -0.4 is 5.19 Å². The predicted molar refractivity (Wildman–Crippen MR) is 299 cm³/mol. The molecule has 0 aliphatic heterocycles. The second-order valence-electron chi connectivity index (χ2n) is 18.5. The van der Waals surface area contributed by atoms with E-state index in [4.69, 9.17) is 18.2 Å². The zero-order valence-electron chi connectivity index (χ0n) is 45.8. The number of para-hydroxylation sites is 2. The fourth-order valence-electron chi connectivity index (χ4n) is 9.21. The smallest absolute Gasteiger partial charge is 0.135 e. The van der Waals surface area contributed by atoms with Crippen molar-refractivity contribution in [3.8, 4) is 73.0 Å². The average Bonchev–Trinajstić information content (AvgIpc) is 4.02. The van der Waals surface area contributed by atoms with Gasteiger partial charge in [-0.1, -0.05) is 182 Å². The standard InChI is InChI=1S/C48H28F2N3S.C16H20NSi.Ir/c49-38-19-12-20-39(50)45(38)41-27-26-35-44-34(31-15-6-2-7-16-31)24-25-36(46(44)54-48(35)52-41)47-51-40-21-10-11-22-43(40)53(47)42-28-23-33(30-13-4-1-5-14-30)29-37(42)32-17-8-3-9-18-32;1-12-6-8-14(9-7-12)15-10-13(2)16(11-17-15)18(3,4)5;/h1-24,26-29H;6-8,10-11H,1-5H3;/q2*-1;/i;1D3,2D3;. The predicted octanol–water partition coefficient (Wildman–Crippen LogP) is 16.9. The summed E-state index contributed by atoms with van der Waals surface area (Å²) in [5, 5.41) is 2.69. The first kappa shape index (κ1) is 42.0. The van der Waals surface area contributed by atoms with Crippen LogP contribution in [0.1, 0.15) is 19.4 Å². The normalized spacial score (nSPS) is 12.9. The Labute approximate surface area is 451 Å². The summed E-state index contributed by atoms with van der Waals surface area (Å²) < 4.78 is 78.8. The van der Waals surface area contributed by atoms with E-state index in [1.165, 1.54) is 41.7 Å². The summed E-state index contributed by atoms with van der Waals surface area (Å²) in [7, 11) is -1.85. The molecule has 0 saturated carbocycles. The molecule has 0 atom stereocenters. The van der Waals surface area contributed by atoms with Crippen LogP contribution in [0.3, 0.4) is 0 Å². The largest absolute Gasteiger partial charge is 0.333 e. The molecular weight excluding hydrogens is 1120 g/mol. The van der Waals surface area contributed by atoms with Crippen molar-refractivity contribution in [2.75, 3.05) is 0 Å². The van der Waals surface area contributed by atoms with Gasteiger partial charge in [-0.3, -0.25) is 4.98 Å². The van der Waals surface area contributed by atoms with Crippen molar-refractivity contribution >= 4 is 55.9 Å². The molecule has 12 rings (SSSR count). The molecule has 0 saturated heterocycles. The maximum absolute atomic E-state index is 15.0. The Hall–Kier alpha value is -7.52. The Morgan fingerprint density at radius 2 is 1.29 bits per heavy atom. The van der Waals surface area contributed by atoms with Crippen LogP contribution >= 0.6 is 11.3 Å². The number of benzene rings is 8. The van der Waals surface area contributed by atoms with Crippen molar-refractivity contribution in [1.82, 2.24) is 19.5 Å². The third-order valence-electron chi connectivity index (χ3n) is 12.7. The molecule has 359 valence electrons. The van der Waals surface area contributed by atoms with E-state index in [1.807, 2.05) is 60.7 Å². The van der Waals surface area contributed by atoms with E-state index in [0.717, 1.165) is 82.1 Å². The van der Waals surface area contributed by atoms with Crippen molar-refractivity contribution in [3.63, 3.8) is 0 Å². The Balaban J connectivity index is 0.000000238. The van der Waals surface area contributed by atoms with Gasteiger partial charge < -0.3 is 9.55 Å². The van der Waals surface area contributed by atoms with E-state index in [1.54, 1.807) is 24.4 Å². The number of thiophene rings is 1. The Bertz CT molecular complexity index is 4160. The Morgan fingerprint density at radius 1 is 0.603 bits per heavy atom. The van der Waals surface area contributed by atoms with E-state index in [9.17, 15) is 0 Å². The fourth-order valence-corrected chi connectivity index (χ4v) is 11.7. The molecule has 9 heteroatoms. The van der Waals surface area contributed by atoms with Crippen LogP contribution in [0.2, 0.25) is 19.6 Å². The number of hydrogen-bond acceptors (Lipinski definition) is 4. The summed E-state index contributed by atoms with van der Waals surface area (Å²) in [6, 6.07) is 68.0. The number of aromatic nitrogens is 4. The summed E-state index contributed by atoms with van der Waals surface area (Å²) in [6.07, 6.45) is 1.65. The molecule has 4 nitrogen and oxygen atoms in total. The number of imidazole rings is 1. The molecule has 0 aliphatic carbocycles. The average molecular weight is 1170 g/mol.